The van der Waals surface area contributed by atoms with Gasteiger partial charge in [-0.15, -0.1) is 0 Å². The fraction of sp³-hybridized carbons (Fsp3) is 0.500. The molecule has 0 bridgehead atoms. The lowest BCUT2D eigenvalue weighted by atomic mass is 9.89. The number of ether oxygens (including phenoxy) is 2. The Morgan fingerprint density at radius 3 is 2.54 bits per heavy atom. The Bertz CT molecular complexity index is 711. The minimum absolute atomic E-state index is 0.0772. The van der Waals surface area contributed by atoms with Crippen molar-refractivity contribution >= 4 is 35.1 Å². The first kappa shape index (κ1) is 21.9. The van der Waals surface area contributed by atoms with E-state index >= 15 is 0 Å². The molecule has 1 aromatic carbocycles. The van der Waals surface area contributed by atoms with Crippen molar-refractivity contribution in [1.82, 2.24) is 5.32 Å². The average molecular weight is 419 g/mol. The second-order valence-electron chi connectivity index (χ2n) is 6.29. The zero-order valence-corrected chi connectivity index (χ0v) is 15.8. The summed E-state index contributed by atoms with van der Waals surface area (Å²) in [6, 6.07) is 3.72. The number of benzene rings is 1. The normalized spacial score (nSPS) is 14.4. The van der Waals surface area contributed by atoms with Crippen molar-refractivity contribution in [3.8, 4) is 5.75 Å². The number of carbonyl (C=O) groups excluding carboxylic acids is 3. The van der Waals surface area contributed by atoms with E-state index in [0.29, 0.717) is 0 Å². The van der Waals surface area contributed by atoms with Gasteiger partial charge < -0.3 is 20.1 Å². The van der Waals surface area contributed by atoms with E-state index in [9.17, 15) is 23.2 Å². The lowest BCUT2D eigenvalue weighted by molar-refractivity contribution is -0.147. The number of rotatable bonds is 8. The Hall–Kier alpha value is -2.42. The standard InChI is InChI=1S/C18H21ClF2N2O5/c19-13-8-12(6-7-14(13)28-18(20)21)23-15(24)10-27-16(25)9-22-17(26)11-4-2-1-3-5-11/h6-8,11,18H,1-5,9-10H2,(H,22,26)(H,23,24). The molecule has 1 aliphatic rings. The highest BCUT2D eigenvalue weighted by Gasteiger charge is 2.21. The van der Waals surface area contributed by atoms with E-state index in [2.05, 4.69) is 15.4 Å². The van der Waals surface area contributed by atoms with Crippen LogP contribution in [0.4, 0.5) is 14.5 Å². The van der Waals surface area contributed by atoms with Crippen LogP contribution in [0, 0.1) is 5.92 Å². The molecule has 1 saturated carbocycles. The van der Waals surface area contributed by atoms with E-state index in [1.807, 2.05) is 0 Å². The summed E-state index contributed by atoms with van der Waals surface area (Å²) in [5.74, 6) is -1.87. The van der Waals surface area contributed by atoms with E-state index in [-0.39, 0.29) is 34.8 Å². The second-order valence-corrected chi connectivity index (χ2v) is 6.69. The third-order valence-electron chi connectivity index (χ3n) is 4.18. The highest BCUT2D eigenvalue weighted by molar-refractivity contribution is 6.32. The molecule has 154 valence electrons. The molecule has 1 fully saturated rings. The predicted octanol–water partition coefficient (Wildman–Crippen LogP) is 3.12. The van der Waals surface area contributed by atoms with Crippen LogP contribution in [0.1, 0.15) is 32.1 Å². The summed E-state index contributed by atoms with van der Waals surface area (Å²) in [6.45, 7) is -3.89. The van der Waals surface area contributed by atoms with Gasteiger partial charge in [0.25, 0.3) is 5.91 Å². The Morgan fingerprint density at radius 2 is 1.89 bits per heavy atom. The molecule has 2 amide bonds. The van der Waals surface area contributed by atoms with Crippen molar-refractivity contribution in [3.05, 3.63) is 23.2 Å². The molecule has 2 N–H and O–H groups in total. The molecule has 1 aliphatic carbocycles. The Balaban J connectivity index is 1.70. The summed E-state index contributed by atoms with van der Waals surface area (Å²) in [5.41, 5.74) is 0.221. The van der Waals surface area contributed by atoms with Gasteiger partial charge in [-0.2, -0.15) is 8.78 Å². The number of nitrogens with one attached hydrogen (secondary N) is 2. The molecule has 0 saturated heterocycles. The van der Waals surface area contributed by atoms with E-state index in [1.165, 1.54) is 18.2 Å². The largest absolute Gasteiger partial charge is 0.454 e. The van der Waals surface area contributed by atoms with Crippen LogP contribution in [-0.2, 0) is 19.1 Å². The summed E-state index contributed by atoms with van der Waals surface area (Å²) in [4.78, 5) is 35.4. The molecule has 0 atom stereocenters. The van der Waals surface area contributed by atoms with Crippen LogP contribution >= 0.6 is 11.6 Å². The van der Waals surface area contributed by atoms with Gasteiger partial charge in [-0.05, 0) is 31.0 Å². The molecule has 0 heterocycles. The van der Waals surface area contributed by atoms with Crippen molar-refractivity contribution in [2.75, 3.05) is 18.5 Å². The summed E-state index contributed by atoms with van der Waals surface area (Å²) >= 11 is 5.78. The molecular weight excluding hydrogens is 398 g/mol. The zero-order chi connectivity index (χ0) is 20.5. The number of esters is 1. The van der Waals surface area contributed by atoms with E-state index in [4.69, 9.17) is 16.3 Å². The molecule has 0 aromatic heterocycles. The van der Waals surface area contributed by atoms with Gasteiger partial charge in [0.05, 0.1) is 5.02 Å². The lowest BCUT2D eigenvalue weighted by Crippen LogP contribution is -2.36. The number of amides is 2. The summed E-state index contributed by atoms with van der Waals surface area (Å²) in [5, 5.41) is 4.81. The van der Waals surface area contributed by atoms with E-state index in [0.717, 1.165) is 32.1 Å². The maximum Gasteiger partial charge on any atom is 0.387 e. The van der Waals surface area contributed by atoms with Crippen molar-refractivity contribution in [1.29, 1.82) is 0 Å². The van der Waals surface area contributed by atoms with Crippen molar-refractivity contribution in [3.63, 3.8) is 0 Å². The van der Waals surface area contributed by atoms with Crippen LogP contribution in [0.15, 0.2) is 18.2 Å². The van der Waals surface area contributed by atoms with Gasteiger partial charge in [-0.3, -0.25) is 14.4 Å². The highest BCUT2D eigenvalue weighted by Crippen LogP contribution is 2.29. The number of anilines is 1. The number of alkyl halides is 2. The third kappa shape index (κ3) is 7.30. The fourth-order valence-corrected chi connectivity index (χ4v) is 3.06. The fourth-order valence-electron chi connectivity index (χ4n) is 2.83. The maximum atomic E-state index is 12.2. The molecule has 1 aromatic rings. The van der Waals surface area contributed by atoms with E-state index in [1.54, 1.807) is 0 Å². The van der Waals surface area contributed by atoms with Crippen LogP contribution in [0.2, 0.25) is 5.02 Å². The maximum absolute atomic E-state index is 12.2. The zero-order valence-electron chi connectivity index (χ0n) is 15.0. The number of hydrogen-bond acceptors (Lipinski definition) is 5. The molecule has 0 radical (unpaired) electrons. The molecule has 28 heavy (non-hydrogen) atoms. The van der Waals surface area contributed by atoms with Gasteiger partial charge >= 0.3 is 12.6 Å². The SMILES string of the molecule is O=C(COC(=O)CNC(=O)C1CCCCC1)Nc1ccc(OC(F)F)c(Cl)c1. The lowest BCUT2D eigenvalue weighted by Gasteiger charge is -2.20. The molecule has 0 unspecified atom stereocenters. The van der Waals surface area contributed by atoms with Gasteiger partial charge in [0.2, 0.25) is 5.91 Å². The Kier molecular flexibility index (Phi) is 8.43. The summed E-state index contributed by atoms with van der Waals surface area (Å²) in [6.07, 6.45) is 4.75. The van der Waals surface area contributed by atoms with Crippen molar-refractivity contribution in [2.45, 2.75) is 38.7 Å². The topological polar surface area (TPSA) is 93.7 Å². The Labute approximate surface area is 165 Å². The minimum Gasteiger partial charge on any atom is -0.454 e. The predicted molar refractivity (Wildman–Crippen MR) is 97.3 cm³/mol. The summed E-state index contributed by atoms with van der Waals surface area (Å²) in [7, 11) is 0. The second kappa shape index (κ2) is 10.8. The van der Waals surface area contributed by atoms with E-state index < -0.39 is 25.1 Å². The van der Waals surface area contributed by atoms with Crippen LogP contribution in [-0.4, -0.2) is 37.5 Å². The van der Waals surface area contributed by atoms with Crippen molar-refractivity contribution < 1.29 is 32.6 Å². The first-order valence-electron chi connectivity index (χ1n) is 8.82. The van der Waals surface area contributed by atoms with Crippen molar-refractivity contribution in [2.24, 2.45) is 5.92 Å². The van der Waals surface area contributed by atoms with Crippen LogP contribution in [0.25, 0.3) is 0 Å². The quantitative estimate of drug-likeness (QED) is 0.633. The number of halogens is 3. The molecule has 10 heteroatoms. The number of hydrogen-bond donors (Lipinski definition) is 2. The molecule has 2 rings (SSSR count). The number of carbonyl (C=O) groups is 3. The smallest absolute Gasteiger partial charge is 0.387 e. The average Bonchev–Trinajstić information content (AvgIpc) is 2.67. The Morgan fingerprint density at radius 1 is 1.18 bits per heavy atom. The molecular formula is C18H21ClF2N2O5. The third-order valence-corrected chi connectivity index (χ3v) is 4.47. The molecule has 7 nitrogen and oxygen atoms in total. The first-order chi connectivity index (χ1) is 13.3. The molecule has 0 spiro atoms. The van der Waals surface area contributed by atoms with Gasteiger partial charge in [-0.25, -0.2) is 0 Å². The van der Waals surface area contributed by atoms with Gasteiger partial charge in [-0.1, -0.05) is 30.9 Å². The minimum atomic E-state index is -3.02. The van der Waals surface area contributed by atoms with Gasteiger partial charge in [0, 0.05) is 11.6 Å². The van der Waals surface area contributed by atoms with Crippen LogP contribution < -0.4 is 15.4 Å². The van der Waals surface area contributed by atoms with Crippen LogP contribution in [0.3, 0.4) is 0 Å². The highest BCUT2D eigenvalue weighted by atomic mass is 35.5. The van der Waals surface area contributed by atoms with Crippen LogP contribution in [0.5, 0.6) is 5.75 Å². The first-order valence-corrected chi connectivity index (χ1v) is 9.20. The van der Waals surface area contributed by atoms with Gasteiger partial charge in [0.1, 0.15) is 12.3 Å². The molecule has 0 aliphatic heterocycles. The monoisotopic (exact) mass is 418 g/mol. The summed E-state index contributed by atoms with van der Waals surface area (Å²) < 4.78 is 33.4. The van der Waals surface area contributed by atoms with Gasteiger partial charge in [0.15, 0.2) is 6.61 Å².